The minimum absolute atomic E-state index is 0.0885. The Morgan fingerprint density at radius 1 is 1.64 bits per heavy atom. The molecule has 62 valence electrons. The lowest BCUT2D eigenvalue weighted by molar-refractivity contribution is -0.135. The summed E-state index contributed by atoms with van der Waals surface area (Å²) in [7, 11) is 1.39. The number of carbonyl (C=O) groups is 2. The van der Waals surface area contributed by atoms with E-state index in [4.69, 9.17) is 4.74 Å². The molecule has 0 aliphatic heterocycles. The van der Waals surface area contributed by atoms with E-state index in [9.17, 15) is 9.59 Å². The van der Waals surface area contributed by atoms with Crippen LogP contribution in [-0.2, 0) is 14.3 Å². The molecule has 2 unspecified atom stereocenters. The molecule has 1 saturated carbocycles. The number of halogens is 1. The molecule has 0 N–H and O–H groups in total. The average molecular weight is 221 g/mol. The number of methoxy groups -OCH3 is 1. The number of carbonyl (C=O) groups excluding carboxylic acids is 2. The number of alkyl halides is 1. The van der Waals surface area contributed by atoms with Crippen LogP contribution in [0.4, 0.5) is 0 Å². The zero-order chi connectivity index (χ0) is 8.43. The van der Waals surface area contributed by atoms with Gasteiger partial charge in [0.2, 0.25) is 0 Å². The topological polar surface area (TPSA) is 43.4 Å². The van der Waals surface area contributed by atoms with Gasteiger partial charge in [-0.1, -0.05) is 15.9 Å². The highest BCUT2D eigenvalue weighted by Crippen LogP contribution is 2.22. The van der Waals surface area contributed by atoms with Crippen LogP contribution in [0.25, 0.3) is 0 Å². The molecule has 4 heteroatoms. The normalized spacial score (nSPS) is 31.5. The number of Topliss-reactive ketones (excluding diaryl/α,β-unsaturated/α-hetero) is 2. The van der Waals surface area contributed by atoms with Gasteiger partial charge in [0.15, 0.2) is 17.7 Å². The molecule has 1 rings (SSSR count). The van der Waals surface area contributed by atoms with Gasteiger partial charge in [-0.3, -0.25) is 9.59 Å². The zero-order valence-corrected chi connectivity index (χ0v) is 7.76. The molecule has 0 spiro atoms. The summed E-state index contributed by atoms with van der Waals surface area (Å²) in [4.78, 5) is 22.2. The minimum Gasteiger partial charge on any atom is -0.366 e. The second-order valence-corrected chi connectivity index (χ2v) is 3.19. The van der Waals surface area contributed by atoms with Gasteiger partial charge in [0.1, 0.15) is 0 Å². The molecular weight excluding hydrogens is 212 g/mol. The molecule has 3 nitrogen and oxygen atoms in total. The molecule has 1 aliphatic rings. The van der Waals surface area contributed by atoms with E-state index in [1.807, 2.05) is 0 Å². The van der Waals surface area contributed by atoms with E-state index in [2.05, 4.69) is 15.9 Å². The van der Waals surface area contributed by atoms with Crippen LogP contribution < -0.4 is 0 Å². The molecule has 0 bridgehead atoms. The lowest BCUT2D eigenvalue weighted by Crippen LogP contribution is -2.25. The highest BCUT2D eigenvalue weighted by molar-refractivity contribution is 9.09. The van der Waals surface area contributed by atoms with Gasteiger partial charge >= 0.3 is 0 Å². The van der Waals surface area contributed by atoms with Crippen molar-refractivity contribution < 1.29 is 14.3 Å². The average Bonchev–Trinajstić information content (AvgIpc) is 2.26. The van der Waals surface area contributed by atoms with Crippen LogP contribution in [-0.4, -0.2) is 30.1 Å². The van der Waals surface area contributed by atoms with Crippen molar-refractivity contribution in [1.29, 1.82) is 0 Å². The zero-order valence-electron chi connectivity index (χ0n) is 6.17. The summed E-state index contributed by atoms with van der Waals surface area (Å²) in [6, 6.07) is 0. The maximum absolute atomic E-state index is 11.2. The third-order valence-electron chi connectivity index (χ3n) is 1.82. The largest absolute Gasteiger partial charge is 0.366 e. The van der Waals surface area contributed by atoms with Crippen molar-refractivity contribution in [3.63, 3.8) is 0 Å². The summed E-state index contributed by atoms with van der Waals surface area (Å²) < 4.78 is 4.75. The predicted molar refractivity (Wildman–Crippen MR) is 42.7 cm³/mol. The lowest BCUT2D eigenvalue weighted by Gasteiger charge is -2.03. The second kappa shape index (κ2) is 3.45. The first-order valence-corrected chi connectivity index (χ1v) is 4.48. The van der Waals surface area contributed by atoms with Crippen molar-refractivity contribution in [2.75, 3.05) is 12.4 Å². The van der Waals surface area contributed by atoms with Crippen LogP contribution in [0.1, 0.15) is 6.42 Å². The van der Waals surface area contributed by atoms with E-state index in [1.165, 1.54) is 7.11 Å². The Bertz CT molecular complexity index is 190. The fraction of sp³-hybridized carbons (Fsp3) is 0.714. The Balaban J connectivity index is 2.71. The summed E-state index contributed by atoms with van der Waals surface area (Å²) in [5, 5.41) is 0.553. The Morgan fingerprint density at radius 2 is 2.27 bits per heavy atom. The van der Waals surface area contributed by atoms with E-state index < -0.39 is 6.10 Å². The third kappa shape index (κ3) is 1.51. The maximum atomic E-state index is 11.2. The van der Waals surface area contributed by atoms with Gasteiger partial charge in [-0.05, 0) is 0 Å². The Labute approximate surface area is 73.2 Å². The molecule has 0 saturated heterocycles. The smallest absolute Gasteiger partial charge is 0.174 e. The molecule has 0 heterocycles. The van der Waals surface area contributed by atoms with Crippen LogP contribution in [0.2, 0.25) is 0 Å². The SMILES string of the molecule is COC1C(=O)CC(CBr)C1=O. The fourth-order valence-corrected chi connectivity index (χ4v) is 1.75. The third-order valence-corrected chi connectivity index (χ3v) is 2.60. The van der Waals surface area contributed by atoms with Gasteiger partial charge < -0.3 is 4.74 Å². The Hall–Kier alpha value is -0.220. The van der Waals surface area contributed by atoms with E-state index in [-0.39, 0.29) is 17.5 Å². The van der Waals surface area contributed by atoms with Gasteiger partial charge in [0, 0.05) is 24.8 Å². The number of ether oxygens (including phenoxy) is 1. The van der Waals surface area contributed by atoms with Gasteiger partial charge in [-0.2, -0.15) is 0 Å². The number of ketones is 2. The van der Waals surface area contributed by atoms with Gasteiger partial charge in [-0.25, -0.2) is 0 Å². The molecular formula is C7H9BrO3. The molecule has 1 fully saturated rings. The van der Waals surface area contributed by atoms with E-state index in [0.717, 1.165) is 0 Å². The second-order valence-electron chi connectivity index (χ2n) is 2.54. The van der Waals surface area contributed by atoms with Crippen molar-refractivity contribution in [1.82, 2.24) is 0 Å². The molecule has 0 radical (unpaired) electrons. The van der Waals surface area contributed by atoms with Gasteiger partial charge in [-0.15, -0.1) is 0 Å². The first kappa shape index (κ1) is 8.87. The first-order chi connectivity index (χ1) is 5.20. The number of hydrogen-bond donors (Lipinski definition) is 0. The minimum atomic E-state index is -0.794. The van der Waals surface area contributed by atoms with Crippen LogP contribution in [0.5, 0.6) is 0 Å². The van der Waals surface area contributed by atoms with Gasteiger partial charge in [0.25, 0.3) is 0 Å². The Morgan fingerprint density at radius 3 is 2.55 bits per heavy atom. The predicted octanol–water partition coefficient (Wildman–Crippen LogP) is 0.554. The molecule has 11 heavy (non-hydrogen) atoms. The van der Waals surface area contributed by atoms with Crippen molar-refractivity contribution >= 4 is 27.5 Å². The first-order valence-electron chi connectivity index (χ1n) is 3.36. The van der Waals surface area contributed by atoms with Crippen molar-refractivity contribution in [2.24, 2.45) is 5.92 Å². The van der Waals surface area contributed by atoms with E-state index in [1.54, 1.807) is 0 Å². The maximum Gasteiger partial charge on any atom is 0.174 e. The summed E-state index contributed by atoms with van der Waals surface area (Å²) in [6.07, 6.45) is -0.472. The molecule has 0 aromatic carbocycles. The molecule has 1 aliphatic carbocycles. The monoisotopic (exact) mass is 220 g/mol. The number of rotatable bonds is 2. The van der Waals surface area contributed by atoms with E-state index in [0.29, 0.717) is 11.8 Å². The van der Waals surface area contributed by atoms with Gasteiger partial charge in [0.05, 0.1) is 0 Å². The number of hydrogen-bond acceptors (Lipinski definition) is 3. The molecule has 0 aromatic rings. The molecule has 2 atom stereocenters. The molecule has 0 amide bonds. The summed E-state index contributed by atoms with van der Waals surface area (Å²) in [5.41, 5.74) is 0. The highest BCUT2D eigenvalue weighted by atomic mass is 79.9. The fourth-order valence-electron chi connectivity index (χ4n) is 1.20. The standard InChI is InChI=1S/C7H9BrO3/c1-11-7-5(9)2-4(3-8)6(7)10/h4,7H,2-3H2,1H3. The quantitative estimate of drug-likeness (QED) is 0.505. The Kier molecular flexibility index (Phi) is 2.78. The van der Waals surface area contributed by atoms with Crippen molar-refractivity contribution in [3.05, 3.63) is 0 Å². The summed E-state index contributed by atoms with van der Waals surface area (Å²) in [5.74, 6) is -0.358. The van der Waals surface area contributed by atoms with Crippen LogP contribution in [0.15, 0.2) is 0 Å². The van der Waals surface area contributed by atoms with Crippen LogP contribution in [0, 0.1) is 5.92 Å². The van der Waals surface area contributed by atoms with E-state index >= 15 is 0 Å². The summed E-state index contributed by atoms with van der Waals surface area (Å²) >= 11 is 3.17. The highest BCUT2D eigenvalue weighted by Gasteiger charge is 2.40. The van der Waals surface area contributed by atoms with Crippen LogP contribution in [0.3, 0.4) is 0 Å². The van der Waals surface area contributed by atoms with Crippen molar-refractivity contribution in [3.8, 4) is 0 Å². The lowest BCUT2D eigenvalue weighted by atomic mass is 10.1. The van der Waals surface area contributed by atoms with Crippen molar-refractivity contribution in [2.45, 2.75) is 12.5 Å². The summed E-state index contributed by atoms with van der Waals surface area (Å²) in [6.45, 7) is 0. The molecule has 0 aromatic heterocycles. The van der Waals surface area contributed by atoms with Crippen LogP contribution >= 0.6 is 15.9 Å².